The van der Waals surface area contributed by atoms with E-state index in [4.69, 9.17) is 23.2 Å². The number of carbonyl (C=O) groups excluding carboxylic acids is 2. The quantitative estimate of drug-likeness (QED) is 0.269. The number of fused-ring (bicyclic) bond motifs is 2. The molecule has 0 radical (unpaired) electrons. The van der Waals surface area contributed by atoms with E-state index < -0.39 is 0 Å². The molecule has 0 fully saturated rings. The number of nitrogens with zero attached hydrogens (tertiary/aromatic N) is 4. The highest BCUT2D eigenvalue weighted by Crippen LogP contribution is 2.31. The number of anilines is 2. The van der Waals surface area contributed by atoms with Crippen molar-refractivity contribution in [3.63, 3.8) is 0 Å². The van der Waals surface area contributed by atoms with E-state index in [-0.39, 0.29) is 16.8 Å². The molecule has 39 heavy (non-hydrogen) atoms. The second-order valence-corrected chi connectivity index (χ2v) is 10.2. The topological polar surface area (TPSA) is 72.2 Å². The van der Waals surface area contributed by atoms with Crippen LogP contribution in [-0.2, 0) is 19.6 Å². The SMILES string of the molecule is O=C(Nc1ccc(C(=O)N2Cc3ccc(Cn4ccnc4)n3Cc3ccccc32)cc1)c1ccc(Cl)cc1Cl. The number of carbonyl (C=O) groups is 2. The van der Waals surface area contributed by atoms with E-state index in [1.54, 1.807) is 48.9 Å². The van der Waals surface area contributed by atoms with Gasteiger partial charge in [0.25, 0.3) is 11.8 Å². The van der Waals surface area contributed by atoms with Gasteiger partial charge in [-0.3, -0.25) is 9.59 Å². The van der Waals surface area contributed by atoms with Gasteiger partial charge in [0.15, 0.2) is 0 Å². The Kier molecular flexibility index (Phi) is 6.69. The van der Waals surface area contributed by atoms with Crippen molar-refractivity contribution in [2.24, 2.45) is 0 Å². The first kappa shape index (κ1) is 25.0. The predicted molar refractivity (Wildman–Crippen MR) is 153 cm³/mol. The van der Waals surface area contributed by atoms with Crippen LogP contribution in [0, 0.1) is 0 Å². The van der Waals surface area contributed by atoms with Gasteiger partial charge in [-0.25, -0.2) is 4.98 Å². The van der Waals surface area contributed by atoms with Crippen LogP contribution in [0.4, 0.5) is 11.4 Å². The minimum absolute atomic E-state index is 0.119. The van der Waals surface area contributed by atoms with Crippen molar-refractivity contribution in [2.45, 2.75) is 19.6 Å². The average molecular weight is 556 g/mol. The molecule has 1 aliphatic rings. The van der Waals surface area contributed by atoms with E-state index in [0.717, 1.165) is 22.6 Å². The summed E-state index contributed by atoms with van der Waals surface area (Å²) in [6, 6.07) is 23.8. The standard InChI is InChI=1S/C30H23Cl2N5O2/c31-22-7-12-26(27(32)15-22)29(38)34-23-8-5-20(6-9-23)30(39)37-18-25-11-10-24(17-35-14-13-33-19-35)36(25)16-21-3-1-2-4-28(21)37/h1-15,19H,16-18H2,(H,34,38). The Morgan fingerprint density at radius 3 is 2.51 bits per heavy atom. The molecule has 0 unspecified atom stereocenters. The highest BCUT2D eigenvalue weighted by Gasteiger charge is 2.26. The molecule has 1 N–H and O–H groups in total. The van der Waals surface area contributed by atoms with Crippen LogP contribution in [0.2, 0.25) is 10.0 Å². The van der Waals surface area contributed by atoms with Crippen molar-refractivity contribution < 1.29 is 9.59 Å². The van der Waals surface area contributed by atoms with Crippen LogP contribution in [-0.4, -0.2) is 25.9 Å². The number of para-hydroxylation sites is 1. The molecule has 5 aromatic rings. The van der Waals surface area contributed by atoms with E-state index in [2.05, 4.69) is 33.1 Å². The van der Waals surface area contributed by atoms with E-state index in [1.165, 1.54) is 6.07 Å². The van der Waals surface area contributed by atoms with Gasteiger partial charge in [-0.1, -0.05) is 41.4 Å². The second kappa shape index (κ2) is 10.4. The second-order valence-electron chi connectivity index (χ2n) is 9.31. The predicted octanol–water partition coefficient (Wildman–Crippen LogP) is 6.50. The Morgan fingerprint density at radius 2 is 1.74 bits per heavy atom. The van der Waals surface area contributed by atoms with Gasteiger partial charge in [0.1, 0.15) is 0 Å². The molecule has 2 aromatic heterocycles. The zero-order valence-electron chi connectivity index (χ0n) is 20.7. The van der Waals surface area contributed by atoms with Gasteiger partial charge < -0.3 is 19.4 Å². The summed E-state index contributed by atoms with van der Waals surface area (Å²) in [4.78, 5) is 32.5. The molecule has 0 bridgehead atoms. The van der Waals surface area contributed by atoms with Crippen LogP contribution in [0.25, 0.3) is 0 Å². The molecule has 9 heteroatoms. The van der Waals surface area contributed by atoms with Gasteiger partial charge in [0.2, 0.25) is 0 Å². The largest absolute Gasteiger partial charge is 0.341 e. The van der Waals surface area contributed by atoms with E-state index in [9.17, 15) is 9.59 Å². The highest BCUT2D eigenvalue weighted by atomic mass is 35.5. The van der Waals surface area contributed by atoms with Crippen LogP contribution < -0.4 is 10.2 Å². The molecule has 3 aromatic carbocycles. The van der Waals surface area contributed by atoms with Crippen LogP contribution in [0.5, 0.6) is 0 Å². The summed E-state index contributed by atoms with van der Waals surface area (Å²) in [5.41, 5.74) is 5.54. The van der Waals surface area contributed by atoms with Gasteiger partial charge in [-0.2, -0.15) is 0 Å². The lowest BCUT2D eigenvalue weighted by molar-refractivity contribution is 0.0983. The maximum atomic E-state index is 13.8. The third-order valence-electron chi connectivity index (χ3n) is 6.81. The van der Waals surface area contributed by atoms with Crippen LogP contribution in [0.3, 0.4) is 0 Å². The summed E-state index contributed by atoms with van der Waals surface area (Å²) in [5.74, 6) is -0.476. The number of nitrogens with one attached hydrogen (secondary N) is 1. The molecule has 0 aliphatic carbocycles. The summed E-state index contributed by atoms with van der Waals surface area (Å²) in [5, 5.41) is 3.55. The summed E-state index contributed by atoms with van der Waals surface area (Å²) in [6.07, 6.45) is 5.51. The van der Waals surface area contributed by atoms with E-state index in [0.29, 0.717) is 41.5 Å². The molecule has 194 valence electrons. The summed E-state index contributed by atoms with van der Waals surface area (Å²) in [6.45, 7) is 1.81. The lowest BCUT2D eigenvalue weighted by atomic mass is 10.1. The molecule has 0 atom stereocenters. The average Bonchev–Trinajstić information content (AvgIpc) is 3.54. The maximum absolute atomic E-state index is 13.8. The number of halogens is 2. The fourth-order valence-electron chi connectivity index (χ4n) is 4.83. The molecule has 2 amide bonds. The van der Waals surface area contributed by atoms with Gasteiger partial charge in [0, 0.05) is 52.3 Å². The normalized spacial score (nSPS) is 12.4. The Bertz CT molecular complexity index is 1680. The Hall–Kier alpha value is -4.33. The number of benzene rings is 3. The van der Waals surface area contributed by atoms with E-state index in [1.807, 2.05) is 33.9 Å². The number of aromatic nitrogens is 3. The molecular weight excluding hydrogens is 533 g/mol. The highest BCUT2D eigenvalue weighted by molar-refractivity contribution is 6.37. The Labute approximate surface area is 235 Å². The Morgan fingerprint density at radius 1 is 0.923 bits per heavy atom. The monoisotopic (exact) mass is 555 g/mol. The lowest BCUT2D eigenvalue weighted by Crippen LogP contribution is -2.30. The number of hydrogen-bond acceptors (Lipinski definition) is 3. The minimum Gasteiger partial charge on any atom is -0.341 e. The number of amides is 2. The number of imidazole rings is 1. The third-order valence-corrected chi connectivity index (χ3v) is 7.35. The van der Waals surface area contributed by atoms with Crippen LogP contribution in [0.1, 0.15) is 37.7 Å². The molecule has 1 aliphatic heterocycles. The number of rotatable bonds is 5. The lowest BCUT2D eigenvalue weighted by Gasteiger charge is -2.23. The zero-order valence-corrected chi connectivity index (χ0v) is 22.2. The van der Waals surface area contributed by atoms with Crippen molar-refractivity contribution in [2.75, 3.05) is 10.2 Å². The molecular formula is C30H23Cl2N5O2. The first-order chi connectivity index (χ1) is 19.0. The van der Waals surface area contributed by atoms with Crippen molar-refractivity contribution in [3.8, 4) is 0 Å². The summed E-state index contributed by atoms with van der Waals surface area (Å²) < 4.78 is 4.30. The molecule has 0 saturated carbocycles. The van der Waals surface area contributed by atoms with Crippen molar-refractivity contribution >= 4 is 46.4 Å². The van der Waals surface area contributed by atoms with Crippen molar-refractivity contribution in [1.29, 1.82) is 0 Å². The molecule has 6 rings (SSSR count). The van der Waals surface area contributed by atoms with Gasteiger partial charge >= 0.3 is 0 Å². The summed E-state index contributed by atoms with van der Waals surface area (Å²) >= 11 is 12.1. The van der Waals surface area contributed by atoms with Gasteiger partial charge in [0.05, 0.1) is 30.0 Å². The van der Waals surface area contributed by atoms with Gasteiger partial charge in [-0.05, 0) is 66.2 Å². The van der Waals surface area contributed by atoms with Gasteiger partial charge in [-0.15, -0.1) is 0 Å². The minimum atomic E-state index is -0.357. The van der Waals surface area contributed by atoms with Crippen LogP contribution >= 0.6 is 23.2 Å². The molecule has 0 saturated heterocycles. The van der Waals surface area contributed by atoms with Crippen molar-refractivity contribution in [3.05, 3.63) is 136 Å². The first-order valence-corrected chi connectivity index (χ1v) is 13.1. The van der Waals surface area contributed by atoms with Crippen molar-refractivity contribution in [1.82, 2.24) is 14.1 Å². The smallest absolute Gasteiger partial charge is 0.258 e. The van der Waals surface area contributed by atoms with Crippen LogP contribution in [0.15, 0.2) is 97.6 Å². The first-order valence-electron chi connectivity index (χ1n) is 12.4. The van der Waals surface area contributed by atoms with E-state index >= 15 is 0 Å². The fourth-order valence-corrected chi connectivity index (χ4v) is 5.33. The maximum Gasteiger partial charge on any atom is 0.258 e. The zero-order chi connectivity index (χ0) is 26.9. The molecule has 7 nitrogen and oxygen atoms in total. The summed E-state index contributed by atoms with van der Waals surface area (Å²) in [7, 11) is 0. The third kappa shape index (κ3) is 5.06. The number of hydrogen-bond donors (Lipinski definition) is 1. The molecule has 3 heterocycles. The fraction of sp³-hybridized carbons (Fsp3) is 0.100. The molecule has 0 spiro atoms. The Balaban J connectivity index is 1.25.